The number of nitrogens with zero attached hydrogens (tertiary/aromatic N) is 1. The van der Waals surface area contributed by atoms with Crippen LogP contribution in [0.5, 0.6) is 5.75 Å². The summed E-state index contributed by atoms with van der Waals surface area (Å²) >= 11 is 0. The number of aryl methyl sites for hydroxylation is 1. The van der Waals surface area contributed by atoms with E-state index in [-0.39, 0.29) is 12.6 Å². The maximum atomic E-state index is 12.5. The number of fused-ring (bicyclic) bond motifs is 1. The van der Waals surface area contributed by atoms with Gasteiger partial charge in [-0.05, 0) is 36.8 Å². The van der Waals surface area contributed by atoms with Crippen LogP contribution >= 0.6 is 0 Å². The summed E-state index contributed by atoms with van der Waals surface area (Å²) in [6, 6.07) is 16.8. The summed E-state index contributed by atoms with van der Waals surface area (Å²) in [4.78, 5) is 16.9. The third-order valence-electron chi connectivity index (χ3n) is 3.58. The molecule has 0 saturated carbocycles. The second-order valence-corrected chi connectivity index (χ2v) is 5.26. The summed E-state index contributed by atoms with van der Waals surface area (Å²) in [7, 11) is 1.59. The van der Waals surface area contributed by atoms with Crippen LogP contribution < -0.4 is 4.74 Å². The zero-order chi connectivity index (χ0) is 16.2. The van der Waals surface area contributed by atoms with Crippen molar-refractivity contribution in [2.24, 2.45) is 0 Å². The number of benzene rings is 2. The molecule has 2 aromatic carbocycles. The van der Waals surface area contributed by atoms with E-state index < -0.39 is 0 Å². The molecule has 0 saturated heterocycles. The molecule has 4 nitrogen and oxygen atoms in total. The highest BCUT2D eigenvalue weighted by Gasteiger charge is 2.14. The minimum atomic E-state index is -0.363. The molecule has 4 heteroatoms. The van der Waals surface area contributed by atoms with Crippen LogP contribution in [0, 0.1) is 6.92 Å². The quantitative estimate of drug-likeness (QED) is 0.686. The summed E-state index contributed by atoms with van der Waals surface area (Å²) in [6.07, 6.45) is 0. The van der Waals surface area contributed by atoms with Crippen LogP contribution in [-0.4, -0.2) is 18.1 Å². The summed E-state index contributed by atoms with van der Waals surface area (Å²) in [5.41, 5.74) is 2.97. The molecule has 0 aliphatic rings. The molecular formula is C19H17NO3. The van der Waals surface area contributed by atoms with Crippen molar-refractivity contribution in [1.82, 2.24) is 4.98 Å². The van der Waals surface area contributed by atoms with E-state index in [0.717, 1.165) is 22.2 Å². The SMILES string of the molecule is COc1ccc2nc(C)cc(C(=O)OCc3ccccc3)c2c1. The van der Waals surface area contributed by atoms with Gasteiger partial charge in [-0.2, -0.15) is 0 Å². The van der Waals surface area contributed by atoms with E-state index in [1.54, 1.807) is 19.2 Å². The van der Waals surface area contributed by atoms with Gasteiger partial charge < -0.3 is 9.47 Å². The maximum Gasteiger partial charge on any atom is 0.339 e. The Morgan fingerprint density at radius 3 is 2.61 bits per heavy atom. The number of carbonyl (C=O) groups is 1. The van der Waals surface area contributed by atoms with Gasteiger partial charge in [0.15, 0.2) is 0 Å². The van der Waals surface area contributed by atoms with E-state index in [2.05, 4.69) is 4.98 Å². The lowest BCUT2D eigenvalue weighted by molar-refractivity contribution is 0.0475. The fraction of sp³-hybridized carbons (Fsp3) is 0.158. The van der Waals surface area contributed by atoms with Gasteiger partial charge in [0.25, 0.3) is 0 Å². The van der Waals surface area contributed by atoms with Crippen LogP contribution in [0.25, 0.3) is 10.9 Å². The Morgan fingerprint density at radius 1 is 1.09 bits per heavy atom. The Hall–Kier alpha value is -2.88. The standard InChI is InChI=1S/C19H17NO3/c1-13-10-17(16-11-15(22-2)8-9-18(16)20-13)19(21)23-12-14-6-4-3-5-7-14/h3-11H,12H2,1-2H3. The normalized spacial score (nSPS) is 10.5. The molecule has 0 spiro atoms. The number of carbonyl (C=O) groups excluding carboxylic acids is 1. The van der Waals surface area contributed by atoms with E-state index in [1.807, 2.05) is 49.4 Å². The molecule has 0 radical (unpaired) electrons. The van der Waals surface area contributed by atoms with E-state index in [0.29, 0.717) is 11.3 Å². The molecule has 0 atom stereocenters. The Morgan fingerprint density at radius 2 is 1.87 bits per heavy atom. The Bertz CT molecular complexity index is 844. The third-order valence-corrected chi connectivity index (χ3v) is 3.58. The van der Waals surface area contributed by atoms with Crippen LogP contribution in [0.3, 0.4) is 0 Å². The highest BCUT2D eigenvalue weighted by Crippen LogP contribution is 2.24. The van der Waals surface area contributed by atoms with E-state index >= 15 is 0 Å². The van der Waals surface area contributed by atoms with Gasteiger partial charge in [0.2, 0.25) is 0 Å². The van der Waals surface area contributed by atoms with Crippen molar-refractivity contribution < 1.29 is 14.3 Å². The minimum absolute atomic E-state index is 0.243. The zero-order valence-electron chi connectivity index (χ0n) is 13.1. The molecule has 116 valence electrons. The lowest BCUT2D eigenvalue weighted by Gasteiger charge is -2.10. The Kier molecular flexibility index (Phi) is 4.24. The van der Waals surface area contributed by atoms with Crippen molar-refractivity contribution >= 4 is 16.9 Å². The molecule has 0 amide bonds. The van der Waals surface area contributed by atoms with E-state index in [9.17, 15) is 4.79 Å². The van der Waals surface area contributed by atoms with Gasteiger partial charge in [-0.25, -0.2) is 4.79 Å². The average molecular weight is 307 g/mol. The molecule has 0 unspecified atom stereocenters. The van der Waals surface area contributed by atoms with Gasteiger partial charge in [-0.15, -0.1) is 0 Å². The number of rotatable bonds is 4. The van der Waals surface area contributed by atoms with Crippen LogP contribution in [0.1, 0.15) is 21.6 Å². The second kappa shape index (κ2) is 6.48. The fourth-order valence-corrected chi connectivity index (χ4v) is 2.43. The Labute approximate surface area is 134 Å². The number of ether oxygens (including phenoxy) is 2. The molecule has 0 N–H and O–H groups in total. The summed E-state index contributed by atoms with van der Waals surface area (Å²) < 4.78 is 10.7. The lowest BCUT2D eigenvalue weighted by Crippen LogP contribution is -2.07. The van der Waals surface area contributed by atoms with Gasteiger partial charge in [-0.1, -0.05) is 30.3 Å². The summed E-state index contributed by atoms with van der Waals surface area (Å²) in [6.45, 7) is 2.10. The maximum absolute atomic E-state index is 12.5. The van der Waals surface area contributed by atoms with E-state index in [4.69, 9.17) is 9.47 Å². The number of methoxy groups -OCH3 is 1. The molecule has 23 heavy (non-hydrogen) atoms. The smallest absolute Gasteiger partial charge is 0.339 e. The van der Waals surface area contributed by atoms with Crippen molar-refractivity contribution in [3.8, 4) is 5.75 Å². The van der Waals surface area contributed by atoms with Crippen LogP contribution in [-0.2, 0) is 11.3 Å². The van der Waals surface area contributed by atoms with Gasteiger partial charge >= 0.3 is 5.97 Å². The van der Waals surface area contributed by atoms with Crippen LogP contribution in [0.2, 0.25) is 0 Å². The number of esters is 1. The predicted octanol–water partition coefficient (Wildman–Crippen LogP) is 3.91. The molecule has 0 aliphatic carbocycles. The summed E-state index contributed by atoms with van der Waals surface area (Å²) in [5, 5.41) is 0.730. The third kappa shape index (κ3) is 3.31. The molecule has 1 heterocycles. The predicted molar refractivity (Wildman–Crippen MR) is 88.6 cm³/mol. The molecule has 1 aromatic heterocycles. The van der Waals surface area contributed by atoms with Gasteiger partial charge in [0.05, 0.1) is 18.2 Å². The topological polar surface area (TPSA) is 48.4 Å². The lowest BCUT2D eigenvalue weighted by atomic mass is 10.1. The van der Waals surface area contributed by atoms with Crippen LogP contribution in [0.15, 0.2) is 54.6 Å². The first-order valence-electron chi connectivity index (χ1n) is 7.34. The highest BCUT2D eigenvalue weighted by atomic mass is 16.5. The number of pyridine rings is 1. The molecule has 3 rings (SSSR count). The van der Waals surface area contributed by atoms with E-state index in [1.165, 1.54) is 0 Å². The molecule has 3 aromatic rings. The number of aromatic nitrogens is 1. The molecule has 0 fully saturated rings. The average Bonchev–Trinajstić information content (AvgIpc) is 2.59. The Balaban J connectivity index is 1.92. The zero-order valence-corrected chi connectivity index (χ0v) is 13.1. The molecule has 0 aliphatic heterocycles. The fourth-order valence-electron chi connectivity index (χ4n) is 2.43. The van der Waals surface area contributed by atoms with Crippen molar-refractivity contribution in [3.05, 3.63) is 71.4 Å². The van der Waals surface area contributed by atoms with Crippen LogP contribution in [0.4, 0.5) is 0 Å². The first-order valence-corrected chi connectivity index (χ1v) is 7.34. The van der Waals surface area contributed by atoms with Crippen molar-refractivity contribution in [2.75, 3.05) is 7.11 Å². The molecule has 0 bridgehead atoms. The highest BCUT2D eigenvalue weighted by molar-refractivity contribution is 6.03. The first kappa shape index (κ1) is 15.0. The largest absolute Gasteiger partial charge is 0.497 e. The minimum Gasteiger partial charge on any atom is -0.497 e. The number of hydrogen-bond donors (Lipinski definition) is 0. The molecular weight excluding hydrogens is 290 g/mol. The second-order valence-electron chi connectivity index (χ2n) is 5.26. The monoisotopic (exact) mass is 307 g/mol. The van der Waals surface area contributed by atoms with Gasteiger partial charge in [-0.3, -0.25) is 4.98 Å². The van der Waals surface area contributed by atoms with Gasteiger partial charge in [0.1, 0.15) is 12.4 Å². The van der Waals surface area contributed by atoms with Gasteiger partial charge in [0, 0.05) is 11.1 Å². The van der Waals surface area contributed by atoms with Crippen molar-refractivity contribution in [1.29, 1.82) is 0 Å². The van der Waals surface area contributed by atoms with Crippen molar-refractivity contribution in [2.45, 2.75) is 13.5 Å². The first-order chi connectivity index (χ1) is 11.2. The van der Waals surface area contributed by atoms with Crippen molar-refractivity contribution in [3.63, 3.8) is 0 Å². The summed E-state index contributed by atoms with van der Waals surface area (Å²) in [5.74, 6) is 0.317. The number of hydrogen-bond acceptors (Lipinski definition) is 4.